The first-order valence-corrected chi connectivity index (χ1v) is 6.18. The highest BCUT2D eigenvalue weighted by atomic mass is 19.1. The summed E-state index contributed by atoms with van der Waals surface area (Å²) in [6, 6.07) is 14.2. The van der Waals surface area contributed by atoms with Crippen molar-refractivity contribution in [1.29, 1.82) is 0 Å². The monoisotopic (exact) mass is 258 g/mol. The molecule has 0 saturated heterocycles. The predicted octanol–water partition coefficient (Wildman–Crippen LogP) is 3.43. The van der Waals surface area contributed by atoms with Gasteiger partial charge in [-0.3, -0.25) is 4.79 Å². The molecule has 2 aromatic carbocycles. The Morgan fingerprint density at radius 2 is 1.63 bits per heavy atom. The molecule has 2 rings (SSSR count). The summed E-state index contributed by atoms with van der Waals surface area (Å²) in [4.78, 5) is 10.6. The molecule has 0 spiro atoms. The van der Waals surface area contributed by atoms with Crippen LogP contribution >= 0.6 is 0 Å². The minimum absolute atomic E-state index is 0.125. The number of halogens is 1. The van der Waals surface area contributed by atoms with Crippen molar-refractivity contribution < 1.29 is 14.3 Å². The molecule has 2 aromatic rings. The third-order valence-electron chi connectivity index (χ3n) is 3.03. The highest BCUT2D eigenvalue weighted by molar-refractivity contribution is 5.67. The number of carboxylic acid groups (broad SMARTS) is 1. The first kappa shape index (κ1) is 13.3. The van der Waals surface area contributed by atoms with E-state index in [1.165, 1.54) is 12.1 Å². The molecule has 0 aliphatic rings. The lowest BCUT2D eigenvalue weighted by molar-refractivity contribution is -0.136. The molecule has 0 bridgehead atoms. The topological polar surface area (TPSA) is 37.3 Å². The SMILES string of the molecule is O=C(O)CCc1ccccc1Cc1ccc(F)cc1. The fourth-order valence-electron chi connectivity index (χ4n) is 2.04. The first-order valence-electron chi connectivity index (χ1n) is 6.18. The maximum Gasteiger partial charge on any atom is 0.303 e. The summed E-state index contributed by atoms with van der Waals surface area (Å²) in [5.74, 6) is -1.04. The number of aryl methyl sites for hydroxylation is 1. The van der Waals surface area contributed by atoms with Gasteiger partial charge in [-0.1, -0.05) is 36.4 Å². The Bertz CT molecular complexity index is 561. The standard InChI is InChI=1S/C16H15FO2/c17-15-8-5-12(6-9-15)11-14-4-2-1-3-13(14)7-10-16(18)19/h1-6,8-9H,7,10-11H2,(H,18,19). The largest absolute Gasteiger partial charge is 0.481 e. The molecule has 0 aliphatic heterocycles. The number of carboxylic acids is 1. The zero-order valence-electron chi connectivity index (χ0n) is 10.5. The van der Waals surface area contributed by atoms with Gasteiger partial charge in [-0.25, -0.2) is 4.39 Å². The van der Waals surface area contributed by atoms with Crippen LogP contribution in [0.1, 0.15) is 23.1 Å². The van der Waals surface area contributed by atoms with E-state index in [0.29, 0.717) is 12.8 Å². The van der Waals surface area contributed by atoms with Gasteiger partial charge in [0.05, 0.1) is 0 Å². The highest BCUT2D eigenvalue weighted by Crippen LogP contribution is 2.16. The van der Waals surface area contributed by atoms with Crippen LogP contribution in [-0.4, -0.2) is 11.1 Å². The number of aliphatic carboxylic acids is 1. The van der Waals surface area contributed by atoms with Crippen molar-refractivity contribution in [3.63, 3.8) is 0 Å². The lowest BCUT2D eigenvalue weighted by Crippen LogP contribution is -2.01. The fourth-order valence-corrected chi connectivity index (χ4v) is 2.04. The van der Waals surface area contributed by atoms with Crippen molar-refractivity contribution in [1.82, 2.24) is 0 Å². The second kappa shape index (κ2) is 6.14. The molecule has 2 nitrogen and oxygen atoms in total. The zero-order chi connectivity index (χ0) is 13.7. The van der Waals surface area contributed by atoms with Gasteiger partial charge >= 0.3 is 5.97 Å². The summed E-state index contributed by atoms with van der Waals surface area (Å²) in [6.45, 7) is 0. The molecule has 0 radical (unpaired) electrons. The van der Waals surface area contributed by atoms with Crippen LogP contribution in [0.3, 0.4) is 0 Å². The molecule has 0 heterocycles. The zero-order valence-corrected chi connectivity index (χ0v) is 10.5. The Hall–Kier alpha value is -2.16. The van der Waals surface area contributed by atoms with Gasteiger partial charge in [0.25, 0.3) is 0 Å². The van der Waals surface area contributed by atoms with Crippen LogP contribution in [0.25, 0.3) is 0 Å². The summed E-state index contributed by atoms with van der Waals surface area (Å²) in [5, 5.41) is 8.74. The molecule has 0 amide bonds. The lowest BCUT2D eigenvalue weighted by atomic mass is 9.97. The van der Waals surface area contributed by atoms with Crippen LogP contribution in [0.15, 0.2) is 48.5 Å². The van der Waals surface area contributed by atoms with Crippen molar-refractivity contribution in [3.05, 3.63) is 71.0 Å². The molecule has 19 heavy (non-hydrogen) atoms. The molecular weight excluding hydrogens is 243 g/mol. The molecule has 0 aliphatic carbocycles. The van der Waals surface area contributed by atoms with Gasteiger partial charge in [0.1, 0.15) is 5.82 Å². The molecule has 1 N–H and O–H groups in total. The summed E-state index contributed by atoms with van der Waals surface area (Å²) in [6.07, 6.45) is 1.34. The second-order valence-corrected chi connectivity index (χ2v) is 4.47. The molecule has 98 valence electrons. The number of hydrogen-bond donors (Lipinski definition) is 1. The fraction of sp³-hybridized carbons (Fsp3) is 0.188. The summed E-state index contributed by atoms with van der Waals surface area (Å²) in [7, 11) is 0. The van der Waals surface area contributed by atoms with E-state index in [1.54, 1.807) is 12.1 Å². The molecule has 3 heteroatoms. The van der Waals surface area contributed by atoms with Crippen molar-refractivity contribution in [2.75, 3.05) is 0 Å². The van der Waals surface area contributed by atoms with E-state index < -0.39 is 5.97 Å². The molecule has 0 saturated carbocycles. The van der Waals surface area contributed by atoms with Gasteiger partial charge in [-0.05, 0) is 41.7 Å². The van der Waals surface area contributed by atoms with Crippen molar-refractivity contribution in [2.24, 2.45) is 0 Å². The van der Waals surface area contributed by atoms with E-state index in [4.69, 9.17) is 5.11 Å². The second-order valence-electron chi connectivity index (χ2n) is 4.47. The van der Waals surface area contributed by atoms with Crippen molar-refractivity contribution >= 4 is 5.97 Å². The van der Waals surface area contributed by atoms with Gasteiger partial charge in [0.2, 0.25) is 0 Å². The van der Waals surface area contributed by atoms with Gasteiger partial charge in [-0.2, -0.15) is 0 Å². The van der Waals surface area contributed by atoms with E-state index in [1.807, 2.05) is 24.3 Å². The lowest BCUT2D eigenvalue weighted by Gasteiger charge is -2.08. The first-order chi connectivity index (χ1) is 9.15. The average molecular weight is 258 g/mol. The Morgan fingerprint density at radius 3 is 2.26 bits per heavy atom. The Kier molecular flexibility index (Phi) is 4.29. The molecule has 0 atom stereocenters. The van der Waals surface area contributed by atoms with E-state index >= 15 is 0 Å². The molecule has 0 fully saturated rings. The Morgan fingerprint density at radius 1 is 1.00 bits per heavy atom. The molecule has 0 aromatic heterocycles. The van der Waals surface area contributed by atoms with Crippen LogP contribution in [0, 0.1) is 5.82 Å². The Balaban J connectivity index is 2.15. The quantitative estimate of drug-likeness (QED) is 0.892. The molecular formula is C16H15FO2. The van der Waals surface area contributed by atoms with Crippen LogP contribution < -0.4 is 0 Å². The van der Waals surface area contributed by atoms with Gasteiger partial charge in [0, 0.05) is 6.42 Å². The number of carbonyl (C=O) groups is 1. The van der Waals surface area contributed by atoms with E-state index in [-0.39, 0.29) is 12.2 Å². The number of rotatable bonds is 5. The van der Waals surface area contributed by atoms with E-state index in [2.05, 4.69) is 0 Å². The van der Waals surface area contributed by atoms with Gasteiger partial charge < -0.3 is 5.11 Å². The minimum atomic E-state index is -0.795. The average Bonchev–Trinajstić information content (AvgIpc) is 2.40. The van der Waals surface area contributed by atoms with Crippen LogP contribution in [0.5, 0.6) is 0 Å². The van der Waals surface area contributed by atoms with Crippen molar-refractivity contribution in [3.8, 4) is 0 Å². The summed E-state index contributed by atoms with van der Waals surface area (Å²) < 4.78 is 12.8. The third kappa shape index (κ3) is 3.91. The number of benzene rings is 2. The summed E-state index contributed by atoms with van der Waals surface area (Å²) >= 11 is 0. The predicted molar refractivity (Wildman–Crippen MR) is 71.6 cm³/mol. The van der Waals surface area contributed by atoms with Crippen LogP contribution in [0.2, 0.25) is 0 Å². The number of hydrogen-bond acceptors (Lipinski definition) is 1. The van der Waals surface area contributed by atoms with E-state index in [9.17, 15) is 9.18 Å². The molecule has 0 unspecified atom stereocenters. The normalized spacial score (nSPS) is 10.4. The van der Waals surface area contributed by atoms with E-state index in [0.717, 1.165) is 16.7 Å². The maximum atomic E-state index is 12.8. The summed E-state index contributed by atoms with van der Waals surface area (Å²) in [5.41, 5.74) is 3.15. The minimum Gasteiger partial charge on any atom is -0.481 e. The Labute approximate surface area is 111 Å². The van der Waals surface area contributed by atoms with Gasteiger partial charge in [-0.15, -0.1) is 0 Å². The maximum absolute atomic E-state index is 12.8. The van der Waals surface area contributed by atoms with Crippen molar-refractivity contribution in [2.45, 2.75) is 19.3 Å². The van der Waals surface area contributed by atoms with Crippen LogP contribution in [-0.2, 0) is 17.6 Å². The smallest absolute Gasteiger partial charge is 0.303 e. The van der Waals surface area contributed by atoms with Gasteiger partial charge in [0.15, 0.2) is 0 Å². The van der Waals surface area contributed by atoms with Crippen LogP contribution in [0.4, 0.5) is 4.39 Å². The highest BCUT2D eigenvalue weighted by Gasteiger charge is 2.05. The third-order valence-corrected chi connectivity index (χ3v) is 3.03.